The van der Waals surface area contributed by atoms with E-state index in [0.717, 1.165) is 70.9 Å². The minimum atomic E-state index is 0.243. The number of allylic oxidation sites excluding steroid dienone is 2. The van der Waals surface area contributed by atoms with Gasteiger partial charge in [-0.3, -0.25) is 14.9 Å². The third-order valence-corrected chi connectivity index (χ3v) is 8.68. The number of piperazine rings is 1. The van der Waals surface area contributed by atoms with Crippen molar-refractivity contribution >= 4 is 5.84 Å². The molecule has 0 saturated carbocycles. The lowest BCUT2D eigenvalue weighted by Crippen LogP contribution is -2.48. The Morgan fingerprint density at radius 3 is 2.62 bits per heavy atom. The number of benzene rings is 1. The molecule has 6 rings (SSSR count). The summed E-state index contributed by atoms with van der Waals surface area (Å²) >= 11 is 0. The molecule has 2 aromatic rings. The first-order chi connectivity index (χ1) is 19.0. The standard InChI is InChI=1S/C33H44N6/c1-25(2)21-26-12-14-27(15-13-26)22-38(30-9-4-7-28-8-6-16-34-33(28)30)23-29-24-39-31(35-29)10-5-11-32(39)37-19-17-36(3)18-20-37/h5-6,8,10-16,25,29-30H,4,7,9,17-24H2,1-3H3/t29?,30-/m0/s1. The van der Waals surface area contributed by atoms with Crippen molar-refractivity contribution in [3.05, 3.63) is 89.0 Å². The fraction of sp³-hybridized carbons (Fsp3) is 0.515. The van der Waals surface area contributed by atoms with Gasteiger partial charge in [0.25, 0.3) is 0 Å². The number of aliphatic imine (C=N–C) groups is 1. The molecule has 1 aliphatic carbocycles. The van der Waals surface area contributed by atoms with E-state index >= 15 is 0 Å². The van der Waals surface area contributed by atoms with Crippen molar-refractivity contribution in [1.82, 2.24) is 24.6 Å². The Hall–Kier alpha value is -2.96. The van der Waals surface area contributed by atoms with E-state index in [4.69, 9.17) is 9.98 Å². The monoisotopic (exact) mass is 524 g/mol. The van der Waals surface area contributed by atoms with Gasteiger partial charge in [0, 0.05) is 52.0 Å². The van der Waals surface area contributed by atoms with Crippen LogP contribution in [0.5, 0.6) is 0 Å². The summed E-state index contributed by atoms with van der Waals surface area (Å²) in [6, 6.07) is 14.3. The zero-order valence-electron chi connectivity index (χ0n) is 24.0. The molecule has 0 radical (unpaired) electrons. The van der Waals surface area contributed by atoms with Gasteiger partial charge < -0.3 is 14.7 Å². The molecular formula is C33H44N6. The summed E-state index contributed by atoms with van der Waals surface area (Å²) in [4.78, 5) is 20.3. The molecule has 0 amide bonds. The number of hydrogen-bond donors (Lipinski definition) is 0. The minimum Gasteiger partial charge on any atom is -0.355 e. The van der Waals surface area contributed by atoms with Crippen molar-refractivity contribution in [2.24, 2.45) is 10.9 Å². The normalized spacial score (nSPS) is 23.2. The van der Waals surface area contributed by atoms with Gasteiger partial charge in [-0.15, -0.1) is 0 Å². The third kappa shape index (κ3) is 5.97. The fourth-order valence-electron chi connectivity index (χ4n) is 6.67. The van der Waals surface area contributed by atoms with E-state index in [1.807, 2.05) is 6.20 Å². The average molecular weight is 525 g/mol. The molecule has 3 aliphatic heterocycles. The molecule has 2 atom stereocenters. The predicted octanol–water partition coefficient (Wildman–Crippen LogP) is 4.90. The summed E-state index contributed by atoms with van der Waals surface area (Å²) in [6.45, 7) is 11.8. The van der Waals surface area contributed by atoms with Crippen LogP contribution in [0.15, 0.2) is 71.6 Å². The van der Waals surface area contributed by atoms with Gasteiger partial charge in [-0.25, -0.2) is 0 Å². The van der Waals surface area contributed by atoms with Crippen molar-refractivity contribution < 1.29 is 0 Å². The lowest BCUT2D eigenvalue weighted by Gasteiger charge is -2.40. The fourth-order valence-corrected chi connectivity index (χ4v) is 6.67. The van der Waals surface area contributed by atoms with Crippen molar-refractivity contribution in [1.29, 1.82) is 0 Å². The summed E-state index contributed by atoms with van der Waals surface area (Å²) in [5.74, 6) is 3.12. The molecule has 0 spiro atoms. The predicted molar refractivity (Wildman–Crippen MR) is 160 cm³/mol. The Morgan fingerprint density at radius 2 is 1.82 bits per heavy atom. The summed E-state index contributed by atoms with van der Waals surface area (Å²) < 4.78 is 0. The molecule has 4 aliphatic rings. The first kappa shape index (κ1) is 26.3. The summed E-state index contributed by atoms with van der Waals surface area (Å²) in [5, 5.41) is 0. The number of aryl methyl sites for hydroxylation is 1. The minimum absolute atomic E-state index is 0.243. The molecule has 1 aromatic carbocycles. The Labute approximate surface area is 234 Å². The second-order valence-electron chi connectivity index (χ2n) is 12.2. The lowest BCUT2D eigenvalue weighted by molar-refractivity contribution is 0.145. The van der Waals surface area contributed by atoms with E-state index in [-0.39, 0.29) is 6.04 Å². The molecule has 1 fully saturated rings. The van der Waals surface area contributed by atoms with Gasteiger partial charge >= 0.3 is 0 Å². The van der Waals surface area contributed by atoms with E-state index in [1.54, 1.807) is 0 Å². The lowest BCUT2D eigenvalue weighted by atomic mass is 9.90. The number of rotatable bonds is 8. The van der Waals surface area contributed by atoms with E-state index in [2.05, 4.69) is 95.1 Å². The van der Waals surface area contributed by atoms with Crippen molar-refractivity contribution in [3.63, 3.8) is 0 Å². The average Bonchev–Trinajstić information content (AvgIpc) is 3.36. The summed E-state index contributed by atoms with van der Waals surface area (Å²) in [7, 11) is 2.22. The summed E-state index contributed by atoms with van der Waals surface area (Å²) in [6.07, 6.45) is 13.3. The highest BCUT2D eigenvalue weighted by Gasteiger charge is 2.35. The number of hydrogen-bond acceptors (Lipinski definition) is 6. The van der Waals surface area contributed by atoms with Gasteiger partial charge in [0.2, 0.25) is 0 Å². The van der Waals surface area contributed by atoms with Crippen LogP contribution >= 0.6 is 0 Å². The first-order valence-corrected chi connectivity index (χ1v) is 15.0. The molecule has 1 saturated heterocycles. The van der Waals surface area contributed by atoms with Crippen LogP contribution in [0.2, 0.25) is 0 Å². The first-order valence-electron chi connectivity index (χ1n) is 15.0. The van der Waals surface area contributed by atoms with Crippen LogP contribution in [0.25, 0.3) is 0 Å². The Bertz CT molecular complexity index is 1220. The molecular weight excluding hydrogens is 480 g/mol. The second kappa shape index (κ2) is 11.6. The van der Waals surface area contributed by atoms with Crippen LogP contribution in [-0.4, -0.2) is 82.8 Å². The topological polar surface area (TPSA) is 38.2 Å². The van der Waals surface area contributed by atoms with Crippen LogP contribution in [-0.2, 0) is 19.4 Å². The van der Waals surface area contributed by atoms with E-state index in [9.17, 15) is 0 Å². The molecule has 1 unspecified atom stereocenters. The number of aromatic nitrogens is 1. The molecule has 0 N–H and O–H groups in total. The maximum Gasteiger partial charge on any atom is 0.129 e. The van der Waals surface area contributed by atoms with Gasteiger partial charge in [0.15, 0.2) is 0 Å². The smallest absolute Gasteiger partial charge is 0.129 e. The molecule has 206 valence electrons. The Balaban J connectivity index is 1.22. The SMILES string of the molecule is CC(C)Cc1ccc(CN(CC2CN3C(N4CCN(C)CC4)=CC=CC3=N2)[C@H]2CCCc3cccnc32)cc1. The van der Waals surface area contributed by atoms with Crippen LogP contribution in [0, 0.1) is 5.92 Å². The van der Waals surface area contributed by atoms with Gasteiger partial charge in [-0.05, 0) is 73.6 Å². The maximum atomic E-state index is 5.26. The molecule has 0 bridgehead atoms. The van der Waals surface area contributed by atoms with Gasteiger partial charge in [-0.2, -0.15) is 0 Å². The zero-order valence-corrected chi connectivity index (χ0v) is 24.0. The molecule has 4 heterocycles. The highest BCUT2D eigenvalue weighted by Crippen LogP contribution is 2.35. The van der Waals surface area contributed by atoms with Crippen LogP contribution in [0.3, 0.4) is 0 Å². The highest BCUT2D eigenvalue weighted by atomic mass is 15.4. The Morgan fingerprint density at radius 1 is 1.03 bits per heavy atom. The number of likely N-dealkylation sites (N-methyl/N-ethyl adjacent to an activating group) is 1. The van der Waals surface area contributed by atoms with Crippen molar-refractivity contribution in [3.8, 4) is 0 Å². The largest absolute Gasteiger partial charge is 0.355 e. The molecule has 1 aromatic heterocycles. The van der Waals surface area contributed by atoms with E-state index in [1.165, 1.54) is 34.6 Å². The zero-order chi connectivity index (χ0) is 26.8. The molecule has 6 heteroatoms. The van der Waals surface area contributed by atoms with Crippen LogP contribution in [0.4, 0.5) is 0 Å². The highest BCUT2D eigenvalue weighted by molar-refractivity contribution is 5.96. The van der Waals surface area contributed by atoms with Gasteiger partial charge in [0.1, 0.15) is 11.7 Å². The van der Waals surface area contributed by atoms with Gasteiger partial charge in [-0.1, -0.05) is 50.3 Å². The van der Waals surface area contributed by atoms with Gasteiger partial charge in [0.05, 0.1) is 17.8 Å². The number of nitrogens with zero attached hydrogens (tertiary/aromatic N) is 6. The third-order valence-electron chi connectivity index (χ3n) is 8.68. The molecule has 39 heavy (non-hydrogen) atoms. The van der Waals surface area contributed by atoms with Crippen molar-refractivity contribution in [2.45, 2.75) is 58.2 Å². The second-order valence-corrected chi connectivity index (χ2v) is 12.2. The Kier molecular flexibility index (Phi) is 7.85. The maximum absolute atomic E-state index is 5.26. The van der Waals surface area contributed by atoms with E-state index < -0.39 is 0 Å². The summed E-state index contributed by atoms with van der Waals surface area (Å²) in [5.41, 5.74) is 5.51. The quantitative estimate of drug-likeness (QED) is 0.491. The van der Waals surface area contributed by atoms with Crippen LogP contribution < -0.4 is 0 Å². The van der Waals surface area contributed by atoms with Crippen molar-refractivity contribution in [2.75, 3.05) is 46.3 Å². The number of amidine groups is 1. The van der Waals surface area contributed by atoms with E-state index in [0.29, 0.717) is 12.0 Å². The van der Waals surface area contributed by atoms with Crippen LogP contribution in [0.1, 0.15) is 55.1 Å². The number of pyridine rings is 1. The number of fused-ring (bicyclic) bond motifs is 2. The molecule has 6 nitrogen and oxygen atoms in total.